The number of nitrogens with one attached hydrogen (secondary N) is 2. The zero-order valence-electron chi connectivity index (χ0n) is 15.8. The van der Waals surface area contributed by atoms with Gasteiger partial charge in [0.2, 0.25) is 0 Å². The molecule has 2 heterocycles. The lowest BCUT2D eigenvalue weighted by Crippen LogP contribution is -3.11. The summed E-state index contributed by atoms with van der Waals surface area (Å²) in [6, 6.07) is 7.55. The monoisotopic (exact) mass is 404 g/mol. The Bertz CT molecular complexity index is 848. The minimum atomic E-state index is -0.461. The molecule has 0 saturated heterocycles. The highest BCUT2D eigenvalue weighted by Crippen LogP contribution is 2.34. The molecule has 1 atom stereocenters. The van der Waals surface area contributed by atoms with Crippen LogP contribution in [-0.2, 0) is 13.0 Å². The summed E-state index contributed by atoms with van der Waals surface area (Å²) in [7, 11) is 0. The van der Waals surface area contributed by atoms with Gasteiger partial charge >= 0.3 is 0 Å². The molecule has 1 aromatic carbocycles. The van der Waals surface area contributed by atoms with Crippen molar-refractivity contribution in [1.29, 1.82) is 0 Å². The number of thiophene rings is 1. The molecule has 1 unspecified atom stereocenters. The zero-order chi connectivity index (χ0) is 19.4. The Morgan fingerprint density at radius 2 is 2.15 bits per heavy atom. The minimum Gasteiger partial charge on any atom is -0.365 e. The third-order valence-electron chi connectivity index (χ3n) is 4.71. The molecule has 2 amide bonds. The van der Waals surface area contributed by atoms with Crippen LogP contribution in [0.25, 0.3) is 0 Å². The lowest BCUT2D eigenvalue weighted by Gasteiger charge is -2.23. The van der Waals surface area contributed by atoms with E-state index in [0.717, 1.165) is 48.7 Å². The van der Waals surface area contributed by atoms with Crippen molar-refractivity contribution in [3.63, 3.8) is 0 Å². The first-order valence-corrected chi connectivity index (χ1v) is 11.2. The maximum absolute atomic E-state index is 12.8. The van der Waals surface area contributed by atoms with Crippen LogP contribution in [0, 0.1) is 0 Å². The minimum absolute atomic E-state index is 0.201. The standard InChI is InChI=1S/C20H25N3O2S2/c1-3-9-23-10-8-15-16(12-23)27-20(17(15)18(21)24)22-19(25)13-6-5-7-14(11-13)26-4-2/h5-7,11H,3-4,8-10,12H2,1-2H3,(H2,21,24)(H,22,25)/p+1. The Morgan fingerprint density at radius 1 is 1.33 bits per heavy atom. The number of hydrogen-bond donors (Lipinski definition) is 3. The molecule has 0 radical (unpaired) electrons. The van der Waals surface area contributed by atoms with Crippen molar-refractivity contribution in [2.24, 2.45) is 5.73 Å². The van der Waals surface area contributed by atoms with E-state index in [9.17, 15) is 9.59 Å². The van der Waals surface area contributed by atoms with E-state index in [1.807, 2.05) is 18.2 Å². The van der Waals surface area contributed by atoms with Crippen molar-refractivity contribution in [2.75, 3.05) is 24.2 Å². The van der Waals surface area contributed by atoms with E-state index in [-0.39, 0.29) is 5.91 Å². The highest BCUT2D eigenvalue weighted by Gasteiger charge is 2.29. The largest absolute Gasteiger partial charge is 0.365 e. The summed E-state index contributed by atoms with van der Waals surface area (Å²) >= 11 is 3.19. The van der Waals surface area contributed by atoms with Crippen LogP contribution < -0.4 is 16.0 Å². The van der Waals surface area contributed by atoms with E-state index in [0.29, 0.717) is 16.1 Å². The average Bonchev–Trinajstić information content (AvgIpc) is 2.99. The summed E-state index contributed by atoms with van der Waals surface area (Å²) in [5, 5.41) is 3.53. The third-order valence-corrected chi connectivity index (χ3v) is 6.74. The third kappa shape index (κ3) is 4.54. The molecule has 1 aliphatic rings. The molecule has 7 heteroatoms. The first-order chi connectivity index (χ1) is 13.0. The van der Waals surface area contributed by atoms with Gasteiger partial charge in [-0.15, -0.1) is 23.1 Å². The predicted octanol–water partition coefficient (Wildman–Crippen LogP) is 2.56. The fraction of sp³-hybridized carbons (Fsp3) is 0.400. The summed E-state index contributed by atoms with van der Waals surface area (Å²) in [5.74, 6) is 0.287. The topological polar surface area (TPSA) is 76.6 Å². The second kappa shape index (κ2) is 8.91. The highest BCUT2D eigenvalue weighted by molar-refractivity contribution is 7.99. The molecule has 0 spiro atoms. The Kier molecular flexibility index (Phi) is 6.57. The number of amides is 2. The van der Waals surface area contributed by atoms with Crippen LogP contribution in [0.3, 0.4) is 0 Å². The van der Waals surface area contributed by atoms with Crippen LogP contribution in [-0.4, -0.2) is 30.7 Å². The van der Waals surface area contributed by atoms with E-state index in [1.54, 1.807) is 17.8 Å². The van der Waals surface area contributed by atoms with Crippen LogP contribution in [0.15, 0.2) is 29.2 Å². The van der Waals surface area contributed by atoms with Gasteiger partial charge < -0.3 is 16.0 Å². The van der Waals surface area contributed by atoms with Gasteiger partial charge in [0.25, 0.3) is 11.8 Å². The lowest BCUT2D eigenvalue weighted by molar-refractivity contribution is -0.915. The summed E-state index contributed by atoms with van der Waals surface area (Å²) in [5.41, 5.74) is 7.78. The lowest BCUT2D eigenvalue weighted by atomic mass is 10.0. The average molecular weight is 405 g/mol. The van der Waals surface area contributed by atoms with Crippen LogP contribution in [0.4, 0.5) is 5.00 Å². The normalized spacial score (nSPS) is 16.0. The number of thioether (sulfide) groups is 1. The number of anilines is 1. The van der Waals surface area contributed by atoms with Crippen LogP contribution in [0.2, 0.25) is 0 Å². The molecule has 27 heavy (non-hydrogen) atoms. The maximum atomic E-state index is 12.8. The molecular weight excluding hydrogens is 378 g/mol. The SMILES string of the molecule is CCC[NH+]1CCc2c(sc(NC(=O)c3cccc(SCC)c3)c2C(N)=O)C1. The van der Waals surface area contributed by atoms with Gasteiger partial charge in [0.05, 0.1) is 23.5 Å². The number of benzene rings is 1. The van der Waals surface area contributed by atoms with E-state index < -0.39 is 5.91 Å². The number of carbonyl (C=O) groups is 2. The summed E-state index contributed by atoms with van der Waals surface area (Å²) in [6.07, 6.45) is 1.96. The second-order valence-electron chi connectivity index (χ2n) is 6.66. The molecular formula is C20H26N3O2S2+. The van der Waals surface area contributed by atoms with Gasteiger partial charge in [0.15, 0.2) is 0 Å². The van der Waals surface area contributed by atoms with Crippen molar-refractivity contribution in [2.45, 2.75) is 38.1 Å². The van der Waals surface area contributed by atoms with Crippen molar-refractivity contribution in [3.05, 3.63) is 45.8 Å². The van der Waals surface area contributed by atoms with E-state index in [4.69, 9.17) is 5.73 Å². The molecule has 5 nitrogen and oxygen atoms in total. The predicted molar refractivity (Wildman–Crippen MR) is 112 cm³/mol. The first-order valence-electron chi connectivity index (χ1n) is 9.35. The Balaban J connectivity index is 1.85. The number of primary amides is 1. The molecule has 0 bridgehead atoms. The molecule has 0 saturated carbocycles. The number of nitrogens with two attached hydrogens (primary N) is 1. The molecule has 0 aliphatic carbocycles. The van der Waals surface area contributed by atoms with Crippen molar-refractivity contribution < 1.29 is 14.5 Å². The van der Waals surface area contributed by atoms with Crippen molar-refractivity contribution >= 4 is 39.9 Å². The number of carbonyl (C=O) groups excluding carboxylic acids is 2. The summed E-state index contributed by atoms with van der Waals surface area (Å²) in [4.78, 5) is 28.6. The number of hydrogen-bond acceptors (Lipinski definition) is 4. The van der Waals surface area contributed by atoms with Gasteiger partial charge in [0, 0.05) is 16.9 Å². The van der Waals surface area contributed by atoms with Crippen LogP contribution >= 0.6 is 23.1 Å². The molecule has 3 rings (SSSR count). The number of rotatable bonds is 7. The fourth-order valence-corrected chi connectivity index (χ4v) is 5.56. The number of fused-ring (bicyclic) bond motifs is 1. The van der Waals surface area contributed by atoms with Crippen LogP contribution in [0.1, 0.15) is 51.4 Å². The summed E-state index contributed by atoms with van der Waals surface area (Å²) in [6.45, 7) is 7.28. The Labute approximate surface area is 168 Å². The quantitative estimate of drug-likeness (QED) is 0.621. The molecule has 4 N–H and O–H groups in total. The fourth-order valence-electron chi connectivity index (χ4n) is 3.52. The van der Waals surface area contributed by atoms with Gasteiger partial charge in [-0.25, -0.2) is 0 Å². The Morgan fingerprint density at radius 3 is 2.85 bits per heavy atom. The number of quaternary nitrogens is 1. The van der Waals surface area contributed by atoms with E-state index in [2.05, 4.69) is 19.2 Å². The van der Waals surface area contributed by atoms with Gasteiger partial charge in [-0.1, -0.05) is 19.9 Å². The van der Waals surface area contributed by atoms with Crippen molar-refractivity contribution in [3.8, 4) is 0 Å². The second-order valence-corrected chi connectivity index (χ2v) is 9.11. The van der Waals surface area contributed by atoms with Crippen molar-refractivity contribution in [1.82, 2.24) is 0 Å². The zero-order valence-corrected chi connectivity index (χ0v) is 17.4. The van der Waals surface area contributed by atoms with E-state index in [1.165, 1.54) is 21.1 Å². The van der Waals surface area contributed by atoms with Crippen LogP contribution in [0.5, 0.6) is 0 Å². The van der Waals surface area contributed by atoms with Gasteiger partial charge in [-0.05, 0) is 35.9 Å². The molecule has 1 aromatic heterocycles. The first kappa shape index (κ1) is 19.9. The summed E-state index contributed by atoms with van der Waals surface area (Å²) < 4.78 is 0. The molecule has 1 aliphatic heterocycles. The molecule has 0 fully saturated rings. The maximum Gasteiger partial charge on any atom is 0.256 e. The Hall–Kier alpha value is -1.83. The molecule has 144 valence electrons. The smallest absolute Gasteiger partial charge is 0.256 e. The molecule has 2 aromatic rings. The van der Waals surface area contributed by atoms with Gasteiger partial charge in [0.1, 0.15) is 11.5 Å². The van der Waals surface area contributed by atoms with Gasteiger partial charge in [-0.3, -0.25) is 9.59 Å². The van der Waals surface area contributed by atoms with E-state index >= 15 is 0 Å². The van der Waals surface area contributed by atoms with Gasteiger partial charge in [-0.2, -0.15) is 0 Å². The highest BCUT2D eigenvalue weighted by atomic mass is 32.2.